The number of hydrogen-bond acceptors (Lipinski definition) is 24. The van der Waals surface area contributed by atoms with E-state index in [0.717, 1.165) is 24.3 Å². The number of carbonyl (C=O) groups is 6. The fourth-order valence-electron chi connectivity index (χ4n) is 6.59. The number of carboxylic acids is 2. The molecule has 0 aliphatic rings. The van der Waals surface area contributed by atoms with Gasteiger partial charge in [-0.15, -0.1) is 39.5 Å². The first-order valence-corrected chi connectivity index (χ1v) is 26.4. The van der Waals surface area contributed by atoms with E-state index in [-0.39, 0.29) is 65.2 Å². The number of aromatic nitrogens is 7. The van der Waals surface area contributed by atoms with Gasteiger partial charge < -0.3 is 64.5 Å². The van der Waals surface area contributed by atoms with E-state index in [9.17, 15) is 68.3 Å². The van der Waals surface area contributed by atoms with Gasteiger partial charge in [0.15, 0.2) is 34.3 Å². The standard InChI is InChI=1S/C17H14F3N5O3.C10H7F3N2O2.C8H5F3O3.C8H9NO3.C7H9N3O2.C7H7NO3.C2H4N2/c1-27-12-7-4-8-21-14(12)15-23-13(24-25-15)9-22-16(26)10-5-2-3-6-11(10)28-17(18,19)20;11-10(12,13)17-8-4-2-1-3-7(8)9(16)15-6-5-14;9-8(10,11)14-6-4-2-1-3-5(6)7(12)13;1-11-6-4-3-5-9-7(6)8(10)12-2;1-12-5-3-2-4-9-6(5)7(11)10-8;1-11-5-3-2-4-8-6(5)7(9)10;3-1-2-4/h2-8H,9H2,1H3,(H,22,26)(H,23,24,25);1-4H,6H2,(H,15,16);1-4H,(H,12,13);3-5H,1-2H3;2-4H,8H2,1H3,(H,10,11);2-4H,1H3,(H,9,10);1,3H2. The number of hydrogen-bond donors (Lipinski definition) is 8. The zero-order valence-electron chi connectivity index (χ0n) is 51.2. The molecule has 0 saturated carbocycles. The van der Waals surface area contributed by atoms with Crippen LogP contribution in [0.15, 0.2) is 146 Å². The molecule has 0 aliphatic carbocycles. The lowest BCUT2D eigenvalue weighted by Gasteiger charge is -2.12. The number of halogens is 9. The zero-order chi connectivity index (χ0) is 73.4. The topological polar surface area (TPSA) is 446 Å². The lowest BCUT2D eigenvalue weighted by atomic mass is 10.2. The number of nitrogens with two attached hydrogens (primary N) is 2. The number of benzene rings is 3. The quantitative estimate of drug-likeness (QED) is 0.0108. The van der Waals surface area contributed by atoms with Gasteiger partial charge in [0.25, 0.3) is 17.7 Å². The largest absolute Gasteiger partial charge is 0.573 e. The predicted octanol–water partition coefficient (Wildman–Crippen LogP) is 7.65. The molecule has 0 spiro atoms. The van der Waals surface area contributed by atoms with E-state index in [4.69, 9.17) is 45.5 Å². The van der Waals surface area contributed by atoms with Gasteiger partial charge in [-0.25, -0.2) is 45.1 Å². The molecule has 39 heteroatoms. The van der Waals surface area contributed by atoms with Crippen LogP contribution >= 0.6 is 0 Å². The molecular formula is C59H55F9N14O16. The maximum absolute atomic E-state index is 12.5. The second kappa shape index (κ2) is 41.6. The molecule has 98 heavy (non-hydrogen) atoms. The first-order valence-electron chi connectivity index (χ1n) is 26.4. The number of hydrazine groups is 1. The Kier molecular flexibility index (Phi) is 34.5. The van der Waals surface area contributed by atoms with E-state index < -0.39 is 77.5 Å². The van der Waals surface area contributed by atoms with E-state index in [1.165, 1.54) is 103 Å². The summed E-state index contributed by atoms with van der Waals surface area (Å²) < 4.78 is 144. The summed E-state index contributed by atoms with van der Waals surface area (Å²) in [6.45, 7) is -0.263. The number of nitriles is 2. The number of ether oxygens (including phenoxy) is 8. The zero-order valence-corrected chi connectivity index (χ0v) is 51.2. The summed E-state index contributed by atoms with van der Waals surface area (Å²) >= 11 is 0. The van der Waals surface area contributed by atoms with Crippen molar-refractivity contribution >= 4 is 35.6 Å². The Morgan fingerprint density at radius 2 is 0.878 bits per heavy atom. The van der Waals surface area contributed by atoms with Crippen LogP contribution in [0.4, 0.5) is 39.5 Å². The lowest BCUT2D eigenvalue weighted by Crippen LogP contribution is -2.31. The Morgan fingerprint density at radius 1 is 0.500 bits per heavy atom. The highest BCUT2D eigenvalue weighted by atomic mass is 19.4. The smallest absolute Gasteiger partial charge is 0.494 e. The minimum atomic E-state index is -4.90. The van der Waals surface area contributed by atoms with Crippen LogP contribution in [0.1, 0.15) is 68.4 Å². The molecule has 30 nitrogen and oxygen atoms in total. The van der Waals surface area contributed by atoms with Crippen LogP contribution in [0.25, 0.3) is 11.5 Å². The molecule has 5 heterocycles. The van der Waals surface area contributed by atoms with Gasteiger partial charge in [-0.05, 0) is 84.9 Å². The monoisotopic (exact) mass is 1390 g/mol. The van der Waals surface area contributed by atoms with Gasteiger partial charge in [-0.2, -0.15) is 15.6 Å². The van der Waals surface area contributed by atoms with Gasteiger partial charge in [0.05, 0.1) is 71.9 Å². The number of pyridine rings is 4. The molecule has 0 aliphatic heterocycles. The van der Waals surface area contributed by atoms with Crippen molar-refractivity contribution in [3.05, 3.63) is 186 Å². The molecule has 10 N–H and O–H groups in total. The fraction of sp³-hybridized carbons (Fsp3) is 0.186. The van der Waals surface area contributed by atoms with Gasteiger partial charge in [0.1, 0.15) is 46.7 Å². The number of carboxylic acid groups (broad SMARTS) is 2. The van der Waals surface area contributed by atoms with Crippen molar-refractivity contribution in [2.45, 2.75) is 25.6 Å². The molecule has 8 rings (SSSR count). The molecule has 520 valence electrons. The summed E-state index contributed by atoms with van der Waals surface area (Å²) in [5, 5.41) is 44.0. The highest BCUT2D eigenvalue weighted by Crippen LogP contribution is 2.29. The van der Waals surface area contributed by atoms with Gasteiger partial charge >= 0.3 is 37.0 Å². The van der Waals surface area contributed by atoms with Crippen LogP contribution in [0, 0.1) is 22.7 Å². The second-order valence-electron chi connectivity index (χ2n) is 16.9. The molecule has 8 aromatic rings. The Labute approximate surface area is 547 Å². The molecule has 0 bridgehead atoms. The summed E-state index contributed by atoms with van der Waals surface area (Å²) in [6.07, 6.45) is -8.70. The Balaban J connectivity index is 0.000000410. The van der Waals surface area contributed by atoms with Crippen molar-refractivity contribution in [2.24, 2.45) is 11.6 Å². The SMILES string of the molecule is COC(=O)c1ncccc1OC.COc1cccnc1-c1n[nH]c(CNC(=O)c2ccccc2OC(F)(F)F)n1.COc1cccnc1C(=O)NN.COc1cccnc1C(=O)O.N#CCN.N#CCNC(=O)c1ccccc1OC(F)(F)F.O=C(O)c1ccccc1OC(F)(F)F. The minimum Gasteiger partial charge on any atom is -0.494 e. The van der Waals surface area contributed by atoms with Crippen molar-refractivity contribution in [3.63, 3.8) is 0 Å². The number of esters is 1. The average Bonchev–Trinajstić information content (AvgIpc) is 1.55. The number of rotatable bonds is 17. The number of aromatic carboxylic acids is 2. The van der Waals surface area contributed by atoms with Gasteiger partial charge in [-0.1, -0.05) is 36.4 Å². The van der Waals surface area contributed by atoms with E-state index >= 15 is 0 Å². The first-order chi connectivity index (χ1) is 46.5. The van der Waals surface area contributed by atoms with Crippen LogP contribution in [0.3, 0.4) is 0 Å². The van der Waals surface area contributed by atoms with Gasteiger partial charge in [0.2, 0.25) is 5.82 Å². The third-order valence-electron chi connectivity index (χ3n) is 10.5. The van der Waals surface area contributed by atoms with Gasteiger partial charge in [-0.3, -0.25) is 24.9 Å². The Morgan fingerprint density at radius 3 is 1.28 bits per heavy atom. The van der Waals surface area contributed by atoms with E-state index in [1.54, 1.807) is 66.9 Å². The number of nitrogens with one attached hydrogen (secondary N) is 4. The number of amides is 3. The van der Waals surface area contributed by atoms with Crippen molar-refractivity contribution in [1.82, 2.24) is 51.2 Å². The fourth-order valence-corrected chi connectivity index (χ4v) is 6.59. The second-order valence-corrected chi connectivity index (χ2v) is 16.9. The van der Waals surface area contributed by atoms with Crippen molar-refractivity contribution in [2.75, 3.05) is 48.6 Å². The molecule has 3 aromatic carbocycles. The van der Waals surface area contributed by atoms with Crippen LogP contribution in [-0.2, 0) is 11.3 Å². The Bertz CT molecular complexity index is 3910. The molecule has 0 atom stereocenters. The van der Waals surface area contributed by atoms with Crippen molar-refractivity contribution < 1.29 is 116 Å². The first kappa shape index (κ1) is 81.2. The Hall–Kier alpha value is -12.9. The molecule has 0 unspecified atom stereocenters. The molecule has 0 fully saturated rings. The summed E-state index contributed by atoms with van der Waals surface area (Å²) in [5.74, 6) is 0.0637. The predicted molar refractivity (Wildman–Crippen MR) is 319 cm³/mol. The molecule has 5 aromatic heterocycles. The molecule has 0 radical (unpaired) electrons. The van der Waals surface area contributed by atoms with E-state index in [0.29, 0.717) is 22.9 Å². The normalized spacial score (nSPS) is 10.1. The number of alkyl halides is 9. The van der Waals surface area contributed by atoms with Crippen LogP contribution in [-0.4, -0.2) is 149 Å². The average molecular weight is 1390 g/mol. The molecular weight excluding hydrogens is 1330 g/mol. The van der Waals surface area contributed by atoms with Crippen LogP contribution in [0.5, 0.6) is 40.2 Å². The highest BCUT2D eigenvalue weighted by molar-refractivity contribution is 5.98. The van der Waals surface area contributed by atoms with Crippen LogP contribution in [0.2, 0.25) is 0 Å². The van der Waals surface area contributed by atoms with Crippen molar-refractivity contribution in [1.29, 1.82) is 10.5 Å². The third kappa shape index (κ3) is 29.4. The summed E-state index contributed by atoms with van der Waals surface area (Å²) in [6, 6.07) is 31.0. The lowest BCUT2D eigenvalue weighted by molar-refractivity contribution is -0.275. The number of nitrogen functional groups attached to an aromatic ring is 1. The molecule has 0 saturated heterocycles. The number of para-hydroxylation sites is 3. The number of H-pyrrole nitrogens is 1. The summed E-state index contributed by atoms with van der Waals surface area (Å²) in [4.78, 5) is 86.2. The minimum absolute atomic E-state index is 0.0602. The summed E-state index contributed by atoms with van der Waals surface area (Å²) in [5.41, 5.74) is 6.31. The maximum atomic E-state index is 12.5. The van der Waals surface area contributed by atoms with Crippen molar-refractivity contribution in [3.8, 4) is 63.9 Å². The number of carbonyl (C=O) groups excluding carboxylic acids is 4. The van der Waals surface area contributed by atoms with E-state index in [2.05, 4.69) is 70.4 Å². The third-order valence-corrected chi connectivity index (χ3v) is 10.5. The maximum Gasteiger partial charge on any atom is 0.573 e. The van der Waals surface area contributed by atoms with E-state index in [1.807, 2.05) is 5.43 Å². The molecule has 3 amide bonds. The summed E-state index contributed by atoms with van der Waals surface area (Å²) in [7, 11) is 7.13. The highest BCUT2D eigenvalue weighted by Gasteiger charge is 2.35. The number of aromatic amines is 1. The number of methoxy groups -OCH3 is 5. The van der Waals surface area contributed by atoms with Gasteiger partial charge in [0, 0.05) is 24.8 Å². The number of nitrogens with zero attached hydrogens (tertiary/aromatic N) is 8. The van der Waals surface area contributed by atoms with Crippen LogP contribution < -0.4 is 60.8 Å².